The minimum Gasteiger partial charge on any atom is -0.369 e. The molecule has 30 heavy (non-hydrogen) atoms. The number of aryl methyl sites for hydroxylation is 1. The van der Waals surface area contributed by atoms with Crippen molar-refractivity contribution in [3.05, 3.63) is 24.0 Å². The van der Waals surface area contributed by atoms with Gasteiger partial charge in [0, 0.05) is 57.3 Å². The number of pyridine rings is 1. The zero-order chi connectivity index (χ0) is 20.9. The van der Waals surface area contributed by atoms with Gasteiger partial charge in [-0.15, -0.1) is 0 Å². The van der Waals surface area contributed by atoms with E-state index in [2.05, 4.69) is 16.8 Å². The average molecular weight is 414 g/mol. The minimum absolute atomic E-state index is 0.0601. The van der Waals surface area contributed by atoms with Gasteiger partial charge in [0.25, 0.3) is 0 Å². The highest BCUT2D eigenvalue weighted by Crippen LogP contribution is 2.55. The van der Waals surface area contributed by atoms with Crippen LogP contribution in [0.5, 0.6) is 0 Å². The minimum atomic E-state index is -0.469. The fraction of sp³-hybridized carbons (Fsp3) is 0.682. The third-order valence-corrected chi connectivity index (χ3v) is 7.42. The van der Waals surface area contributed by atoms with Crippen molar-refractivity contribution in [2.24, 2.45) is 17.6 Å². The first kappa shape index (κ1) is 19.8. The van der Waals surface area contributed by atoms with Gasteiger partial charge in [0.05, 0.1) is 30.1 Å². The third kappa shape index (κ3) is 3.00. The van der Waals surface area contributed by atoms with Gasteiger partial charge >= 0.3 is 0 Å². The predicted molar refractivity (Wildman–Crippen MR) is 112 cm³/mol. The molecule has 4 atom stereocenters. The Hall–Kier alpha value is -2.19. The number of aromatic nitrogens is 1. The second kappa shape index (κ2) is 7.50. The Morgan fingerprint density at radius 1 is 1.33 bits per heavy atom. The fourth-order valence-electron chi connectivity index (χ4n) is 6.08. The first-order valence-electron chi connectivity index (χ1n) is 11.1. The molecule has 0 aliphatic carbocycles. The number of carbonyl (C=O) groups excluding carboxylic acids is 2. The van der Waals surface area contributed by atoms with Crippen LogP contribution in [0.2, 0.25) is 0 Å². The van der Waals surface area contributed by atoms with Gasteiger partial charge in [-0.3, -0.25) is 14.6 Å². The van der Waals surface area contributed by atoms with Crippen molar-refractivity contribution in [2.45, 2.75) is 37.9 Å². The van der Waals surface area contributed by atoms with Crippen molar-refractivity contribution < 1.29 is 14.3 Å². The lowest BCUT2D eigenvalue weighted by Crippen LogP contribution is -2.48. The van der Waals surface area contributed by atoms with Gasteiger partial charge in [0.2, 0.25) is 11.8 Å². The molecule has 4 fully saturated rings. The van der Waals surface area contributed by atoms with Crippen molar-refractivity contribution >= 4 is 17.5 Å². The molecule has 8 heteroatoms. The normalized spacial score (nSPS) is 33.2. The summed E-state index contributed by atoms with van der Waals surface area (Å²) < 4.78 is 6.32. The van der Waals surface area contributed by atoms with E-state index in [4.69, 9.17) is 10.5 Å². The molecule has 0 unspecified atom stereocenters. The number of fused-ring (bicyclic) bond motifs is 1. The number of anilines is 1. The number of ether oxygens (including phenoxy) is 1. The van der Waals surface area contributed by atoms with Crippen molar-refractivity contribution in [1.29, 1.82) is 0 Å². The van der Waals surface area contributed by atoms with E-state index in [1.807, 2.05) is 28.3 Å². The maximum Gasteiger partial charge on any atom is 0.229 e. The Balaban J connectivity index is 1.32. The number of hydrogen-bond donors (Lipinski definition) is 1. The van der Waals surface area contributed by atoms with E-state index in [1.54, 1.807) is 0 Å². The van der Waals surface area contributed by atoms with Crippen LogP contribution in [-0.2, 0) is 14.3 Å². The highest BCUT2D eigenvalue weighted by Gasteiger charge is 2.69. The lowest BCUT2D eigenvalue weighted by molar-refractivity contribution is -0.144. The first-order valence-corrected chi connectivity index (χ1v) is 11.1. The first-order chi connectivity index (χ1) is 14.5. The van der Waals surface area contributed by atoms with Crippen LogP contribution < -0.4 is 10.6 Å². The lowest BCUT2D eigenvalue weighted by Gasteiger charge is -2.31. The number of amides is 2. The SMILES string of the molecule is Cc1cnccc1N1CCCN(C(=O)[C@H]2[C@@H]3CC[C@@]4(CN(CCN)C(=O)[C@@H]24)O3)CC1. The second-order valence-electron chi connectivity index (χ2n) is 9.14. The third-order valence-electron chi connectivity index (χ3n) is 7.42. The molecule has 2 bridgehead atoms. The largest absolute Gasteiger partial charge is 0.369 e. The molecule has 5 heterocycles. The molecule has 4 saturated heterocycles. The summed E-state index contributed by atoms with van der Waals surface area (Å²) in [7, 11) is 0. The summed E-state index contributed by atoms with van der Waals surface area (Å²) >= 11 is 0. The summed E-state index contributed by atoms with van der Waals surface area (Å²) in [5.41, 5.74) is 7.56. The molecule has 4 aliphatic rings. The van der Waals surface area contributed by atoms with Crippen LogP contribution in [0.15, 0.2) is 18.5 Å². The Bertz CT molecular complexity index is 848. The van der Waals surface area contributed by atoms with Crippen molar-refractivity contribution in [2.75, 3.05) is 50.7 Å². The number of nitrogens with two attached hydrogens (primary N) is 1. The molecule has 2 amide bonds. The average Bonchev–Trinajstić information content (AvgIpc) is 3.29. The molecule has 8 nitrogen and oxygen atoms in total. The fourth-order valence-corrected chi connectivity index (χ4v) is 6.08. The zero-order valence-electron chi connectivity index (χ0n) is 17.6. The highest BCUT2D eigenvalue weighted by atomic mass is 16.5. The topological polar surface area (TPSA) is 92.0 Å². The smallest absolute Gasteiger partial charge is 0.229 e. The quantitative estimate of drug-likeness (QED) is 0.768. The van der Waals surface area contributed by atoms with Gasteiger partial charge in [0.15, 0.2) is 0 Å². The second-order valence-corrected chi connectivity index (χ2v) is 9.14. The van der Waals surface area contributed by atoms with E-state index in [9.17, 15) is 9.59 Å². The zero-order valence-corrected chi connectivity index (χ0v) is 17.6. The Morgan fingerprint density at radius 2 is 2.20 bits per heavy atom. The van der Waals surface area contributed by atoms with Crippen LogP contribution in [0.25, 0.3) is 0 Å². The summed E-state index contributed by atoms with van der Waals surface area (Å²) in [6.45, 7) is 6.73. The van der Waals surface area contributed by atoms with E-state index >= 15 is 0 Å². The molecular formula is C22H31N5O3. The van der Waals surface area contributed by atoms with Crippen LogP contribution in [-0.4, -0.2) is 84.1 Å². The van der Waals surface area contributed by atoms with Crippen LogP contribution in [0.1, 0.15) is 24.8 Å². The molecule has 0 saturated carbocycles. The Morgan fingerprint density at radius 3 is 3.00 bits per heavy atom. The molecule has 4 aliphatic heterocycles. The number of likely N-dealkylation sites (tertiary alicyclic amines) is 1. The number of rotatable bonds is 4. The maximum absolute atomic E-state index is 13.6. The summed E-state index contributed by atoms with van der Waals surface area (Å²) in [4.78, 5) is 37.0. The molecule has 162 valence electrons. The van der Waals surface area contributed by atoms with Gasteiger partial charge in [-0.2, -0.15) is 0 Å². The van der Waals surface area contributed by atoms with E-state index in [0.717, 1.165) is 44.5 Å². The molecule has 1 aromatic rings. The lowest BCUT2D eigenvalue weighted by atomic mass is 9.72. The van der Waals surface area contributed by atoms with Crippen LogP contribution >= 0.6 is 0 Å². The molecular weight excluding hydrogens is 382 g/mol. The van der Waals surface area contributed by atoms with Crippen LogP contribution in [0.3, 0.4) is 0 Å². The van der Waals surface area contributed by atoms with E-state index in [0.29, 0.717) is 26.2 Å². The van der Waals surface area contributed by atoms with Gasteiger partial charge in [0.1, 0.15) is 0 Å². The Kier molecular flexibility index (Phi) is 4.94. The molecule has 2 N–H and O–H groups in total. The van der Waals surface area contributed by atoms with Gasteiger partial charge in [-0.1, -0.05) is 0 Å². The van der Waals surface area contributed by atoms with Crippen LogP contribution in [0.4, 0.5) is 5.69 Å². The van der Waals surface area contributed by atoms with Crippen molar-refractivity contribution in [3.63, 3.8) is 0 Å². The highest BCUT2D eigenvalue weighted by molar-refractivity contribution is 5.92. The summed E-state index contributed by atoms with van der Waals surface area (Å²) in [5, 5.41) is 0. The molecule has 1 aromatic heterocycles. The molecule has 1 spiro atoms. The van der Waals surface area contributed by atoms with E-state index < -0.39 is 5.60 Å². The van der Waals surface area contributed by atoms with Crippen molar-refractivity contribution in [3.8, 4) is 0 Å². The standard InChI is InChI=1S/C22H31N5O3/c1-15-13-24-7-4-16(15)25-8-2-9-26(12-11-25)20(28)18-17-3-5-22(30-17)14-27(10-6-23)21(29)19(18)22/h4,7,13,17-19H,2-3,5-6,8-12,14,23H2,1H3/t17-,18-,19+,22-/m0/s1. The summed E-state index contributed by atoms with van der Waals surface area (Å²) in [6, 6.07) is 2.05. The monoisotopic (exact) mass is 413 g/mol. The number of nitrogens with zero attached hydrogens (tertiary/aromatic N) is 4. The number of hydrogen-bond acceptors (Lipinski definition) is 6. The van der Waals surface area contributed by atoms with Crippen molar-refractivity contribution in [1.82, 2.24) is 14.8 Å². The van der Waals surface area contributed by atoms with Crippen LogP contribution in [0, 0.1) is 18.8 Å². The van der Waals surface area contributed by atoms with E-state index in [1.165, 1.54) is 5.69 Å². The Labute approximate surface area is 177 Å². The predicted octanol–water partition coefficient (Wildman–Crippen LogP) is 0.393. The molecule has 5 rings (SSSR count). The molecule has 0 radical (unpaired) electrons. The number of carbonyl (C=O) groups is 2. The van der Waals surface area contributed by atoms with E-state index in [-0.39, 0.29) is 29.8 Å². The summed E-state index contributed by atoms with van der Waals surface area (Å²) in [5.74, 6) is -0.520. The maximum atomic E-state index is 13.6. The molecule has 0 aromatic carbocycles. The van der Waals surface area contributed by atoms with Gasteiger partial charge in [-0.25, -0.2) is 0 Å². The van der Waals surface area contributed by atoms with Gasteiger partial charge < -0.3 is 25.2 Å². The van der Waals surface area contributed by atoms with Gasteiger partial charge in [-0.05, 0) is 37.8 Å². The summed E-state index contributed by atoms with van der Waals surface area (Å²) in [6.07, 6.45) is 6.23.